The number of hydrogen-bond donors (Lipinski definition) is 1. The molecule has 1 aliphatic carbocycles. The van der Waals surface area contributed by atoms with E-state index in [9.17, 15) is 5.11 Å². The van der Waals surface area contributed by atoms with Crippen LogP contribution in [0.5, 0.6) is 0 Å². The SMILES string of the molecule is CC(C)(O)C(C)(C)O[B]c1ccc(-c2nc(/C=C3/Cc4ccccc4-c4ccccc43)c(-c3ccccc3)c(-c3ccccc3)n2)cc1. The lowest BCUT2D eigenvalue weighted by atomic mass is 9.81. The molecule has 0 spiro atoms. The summed E-state index contributed by atoms with van der Waals surface area (Å²) in [5.41, 5.74) is 11.2. The van der Waals surface area contributed by atoms with Crippen molar-refractivity contribution in [2.45, 2.75) is 45.3 Å². The first kappa shape index (κ1) is 31.5. The van der Waals surface area contributed by atoms with Gasteiger partial charge in [0.25, 0.3) is 0 Å². The van der Waals surface area contributed by atoms with Crippen LogP contribution >= 0.6 is 0 Å². The van der Waals surface area contributed by atoms with Crippen LogP contribution in [0, 0.1) is 0 Å². The van der Waals surface area contributed by atoms with Gasteiger partial charge in [-0.15, -0.1) is 0 Å². The average Bonchev–Trinajstić information content (AvgIpc) is 3.11. The number of rotatable bonds is 8. The molecule has 0 saturated heterocycles. The molecule has 5 aromatic carbocycles. The lowest BCUT2D eigenvalue weighted by Gasteiger charge is -2.37. The number of aromatic nitrogens is 2. The number of benzene rings is 5. The first-order valence-corrected chi connectivity index (χ1v) is 16.4. The van der Waals surface area contributed by atoms with E-state index in [-0.39, 0.29) is 0 Å². The number of nitrogens with zero attached hydrogens (tertiary/aromatic N) is 2. The Labute approximate surface area is 284 Å². The summed E-state index contributed by atoms with van der Waals surface area (Å²) < 4.78 is 6.01. The Morgan fingerprint density at radius 2 is 1.21 bits per heavy atom. The van der Waals surface area contributed by atoms with E-state index in [1.54, 1.807) is 21.3 Å². The quantitative estimate of drug-likeness (QED) is 0.172. The van der Waals surface area contributed by atoms with Crippen LogP contribution in [0.1, 0.15) is 44.5 Å². The molecule has 0 unspecified atom stereocenters. The molecule has 0 aliphatic heterocycles. The average molecular weight is 626 g/mol. The van der Waals surface area contributed by atoms with Gasteiger partial charge in [0.2, 0.25) is 0 Å². The highest BCUT2D eigenvalue weighted by atomic mass is 16.5. The van der Waals surface area contributed by atoms with E-state index in [0.717, 1.165) is 45.5 Å². The van der Waals surface area contributed by atoms with Crippen molar-refractivity contribution < 1.29 is 9.76 Å². The maximum atomic E-state index is 10.5. The van der Waals surface area contributed by atoms with Crippen LogP contribution in [-0.2, 0) is 11.1 Å². The standard InChI is InChI=1S/C43H38BN2O2/c1-42(2,47)43(3,4)48-44-34-25-23-31(24-26-34)41-45-38(28-33-27-32-19-11-12-20-35(32)37-22-14-13-21-36(33)37)39(29-15-7-5-8-16-29)40(46-41)30-17-9-6-10-18-30/h5-26,28,47H,27H2,1-4H3/b33-28-. The Morgan fingerprint density at radius 1 is 0.625 bits per heavy atom. The van der Waals surface area contributed by atoms with Crippen molar-refractivity contribution >= 4 is 24.6 Å². The van der Waals surface area contributed by atoms with Gasteiger partial charge in [-0.2, -0.15) is 0 Å². The number of aliphatic hydroxyl groups is 1. The molecule has 1 heterocycles. The molecule has 235 valence electrons. The highest BCUT2D eigenvalue weighted by Crippen LogP contribution is 2.42. The summed E-state index contributed by atoms with van der Waals surface area (Å²) in [6.07, 6.45) is 3.08. The Kier molecular flexibility index (Phi) is 8.42. The number of allylic oxidation sites excluding steroid dienone is 1. The summed E-state index contributed by atoms with van der Waals surface area (Å²) in [5.74, 6) is 0.647. The van der Waals surface area contributed by atoms with Crippen molar-refractivity contribution in [1.29, 1.82) is 0 Å². The van der Waals surface area contributed by atoms with Crippen molar-refractivity contribution in [3.05, 3.63) is 150 Å². The lowest BCUT2D eigenvalue weighted by Crippen LogP contribution is -2.49. The van der Waals surface area contributed by atoms with E-state index in [1.807, 2.05) is 50.2 Å². The molecule has 1 radical (unpaired) electrons. The summed E-state index contributed by atoms with van der Waals surface area (Å²) in [7, 11) is 1.70. The molecular formula is C43H38BN2O2. The number of hydrogen-bond acceptors (Lipinski definition) is 4. The summed E-state index contributed by atoms with van der Waals surface area (Å²) in [6.45, 7) is 7.26. The van der Waals surface area contributed by atoms with Gasteiger partial charge in [-0.3, -0.25) is 0 Å². The van der Waals surface area contributed by atoms with E-state index in [4.69, 9.17) is 14.6 Å². The molecule has 4 nitrogen and oxygen atoms in total. The Bertz CT molecular complexity index is 2100. The summed E-state index contributed by atoms with van der Waals surface area (Å²) in [4.78, 5) is 10.6. The third-order valence-corrected chi connectivity index (χ3v) is 9.45. The van der Waals surface area contributed by atoms with Gasteiger partial charge in [0.15, 0.2) is 5.82 Å². The highest BCUT2D eigenvalue weighted by molar-refractivity contribution is 6.47. The van der Waals surface area contributed by atoms with Gasteiger partial charge in [0.05, 0.1) is 22.6 Å². The molecule has 0 saturated carbocycles. The minimum absolute atomic E-state index is 0.647. The molecule has 6 aromatic rings. The summed E-state index contributed by atoms with van der Waals surface area (Å²) in [6, 6.07) is 46.2. The van der Waals surface area contributed by atoms with Crippen LogP contribution in [0.25, 0.3) is 56.5 Å². The third-order valence-electron chi connectivity index (χ3n) is 9.45. The van der Waals surface area contributed by atoms with Gasteiger partial charge in [-0.05, 0) is 73.6 Å². The molecule has 0 bridgehead atoms. The normalized spacial score (nSPS) is 13.6. The maximum Gasteiger partial charge on any atom is 0.330 e. The topological polar surface area (TPSA) is 55.2 Å². The fourth-order valence-corrected chi connectivity index (χ4v) is 6.01. The zero-order valence-electron chi connectivity index (χ0n) is 27.8. The van der Waals surface area contributed by atoms with Crippen molar-refractivity contribution in [2.24, 2.45) is 0 Å². The minimum atomic E-state index is -1.00. The molecule has 5 heteroatoms. The molecule has 0 atom stereocenters. The zero-order valence-corrected chi connectivity index (χ0v) is 27.8. The second kappa shape index (κ2) is 12.8. The second-order valence-electron chi connectivity index (χ2n) is 13.4. The van der Waals surface area contributed by atoms with Gasteiger partial charge >= 0.3 is 7.48 Å². The van der Waals surface area contributed by atoms with Gasteiger partial charge in [0.1, 0.15) is 0 Å². The molecule has 1 aliphatic rings. The van der Waals surface area contributed by atoms with E-state index in [1.165, 1.54) is 27.8 Å². The molecule has 1 aromatic heterocycles. The van der Waals surface area contributed by atoms with E-state index in [2.05, 4.69) is 103 Å². The van der Waals surface area contributed by atoms with Gasteiger partial charge in [-0.25, -0.2) is 9.97 Å². The summed E-state index contributed by atoms with van der Waals surface area (Å²) in [5, 5.41) is 10.5. The fourth-order valence-electron chi connectivity index (χ4n) is 6.01. The smallest absolute Gasteiger partial charge is 0.330 e. The highest BCUT2D eigenvalue weighted by Gasteiger charge is 2.35. The van der Waals surface area contributed by atoms with E-state index >= 15 is 0 Å². The first-order chi connectivity index (χ1) is 23.2. The Balaban J connectivity index is 1.39. The zero-order chi connectivity index (χ0) is 33.3. The van der Waals surface area contributed by atoms with Crippen molar-refractivity contribution in [1.82, 2.24) is 9.97 Å². The maximum absolute atomic E-state index is 10.5. The van der Waals surface area contributed by atoms with Crippen LogP contribution in [0.2, 0.25) is 0 Å². The first-order valence-electron chi connectivity index (χ1n) is 16.4. The van der Waals surface area contributed by atoms with Crippen LogP contribution in [0.15, 0.2) is 133 Å². The van der Waals surface area contributed by atoms with E-state index in [0.29, 0.717) is 5.82 Å². The molecular weight excluding hydrogens is 587 g/mol. The third kappa shape index (κ3) is 6.27. The summed E-state index contributed by atoms with van der Waals surface area (Å²) >= 11 is 0. The molecule has 48 heavy (non-hydrogen) atoms. The number of fused-ring (bicyclic) bond motifs is 3. The van der Waals surface area contributed by atoms with Crippen LogP contribution in [0.4, 0.5) is 0 Å². The second-order valence-corrected chi connectivity index (χ2v) is 13.4. The molecule has 7 rings (SSSR count). The van der Waals surface area contributed by atoms with Gasteiger partial charge in [0, 0.05) is 16.7 Å². The molecule has 0 amide bonds. The predicted octanol–water partition coefficient (Wildman–Crippen LogP) is 9.05. The lowest BCUT2D eigenvalue weighted by molar-refractivity contribution is -0.0893. The molecule has 0 fully saturated rings. The van der Waals surface area contributed by atoms with Gasteiger partial charge in [-0.1, -0.05) is 139 Å². The Morgan fingerprint density at radius 3 is 1.88 bits per heavy atom. The Hall–Kier alpha value is -5.10. The van der Waals surface area contributed by atoms with E-state index < -0.39 is 11.2 Å². The van der Waals surface area contributed by atoms with Crippen molar-refractivity contribution in [2.75, 3.05) is 0 Å². The predicted molar refractivity (Wildman–Crippen MR) is 199 cm³/mol. The minimum Gasteiger partial charge on any atom is -0.427 e. The molecule has 1 N–H and O–H groups in total. The van der Waals surface area contributed by atoms with Gasteiger partial charge < -0.3 is 9.76 Å². The fraction of sp³-hybridized carbons (Fsp3) is 0.163. The van der Waals surface area contributed by atoms with Crippen molar-refractivity contribution in [3.63, 3.8) is 0 Å². The van der Waals surface area contributed by atoms with Crippen LogP contribution < -0.4 is 5.46 Å². The largest absolute Gasteiger partial charge is 0.427 e. The monoisotopic (exact) mass is 625 g/mol. The van der Waals surface area contributed by atoms with Crippen LogP contribution in [0.3, 0.4) is 0 Å². The van der Waals surface area contributed by atoms with Crippen LogP contribution in [-0.4, -0.2) is 33.8 Å². The van der Waals surface area contributed by atoms with Crippen molar-refractivity contribution in [3.8, 4) is 44.9 Å².